The molecule has 2 aromatic heterocycles. The topological polar surface area (TPSA) is 50.2 Å². The zero-order valence-corrected chi connectivity index (χ0v) is 19.5. The zero-order chi connectivity index (χ0) is 22.3. The minimum absolute atomic E-state index is 0.0278. The van der Waals surface area contributed by atoms with Gasteiger partial charge in [-0.2, -0.15) is 0 Å². The van der Waals surface area contributed by atoms with E-state index < -0.39 is 0 Å². The van der Waals surface area contributed by atoms with Gasteiger partial charge in [-0.1, -0.05) is 12.1 Å². The highest BCUT2D eigenvalue weighted by Gasteiger charge is 2.23. The lowest BCUT2D eigenvalue weighted by Crippen LogP contribution is -2.33. The maximum Gasteiger partial charge on any atom is 0.251 e. The Bertz CT molecular complexity index is 1160. The summed E-state index contributed by atoms with van der Waals surface area (Å²) in [6.07, 6.45) is 0.916. The fraction of sp³-hybridized carbons (Fsp3) is 0.385. The van der Waals surface area contributed by atoms with Crippen molar-refractivity contribution in [2.75, 3.05) is 18.5 Å². The fourth-order valence-corrected chi connectivity index (χ4v) is 5.02. The third-order valence-corrected chi connectivity index (χ3v) is 6.81. The number of carbonyl (C=O) groups is 1. The summed E-state index contributed by atoms with van der Waals surface area (Å²) in [6.45, 7) is 13.5. The molecule has 3 heterocycles. The summed E-state index contributed by atoms with van der Waals surface area (Å²) < 4.78 is 2.37. The maximum absolute atomic E-state index is 12.4. The highest BCUT2D eigenvalue weighted by Crippen LogP contribution is 2.35. The van der Waals surface area contributed by atoms with E-state index >= 15 is 0 Å². The Hall–Kier alpha value is -3.08. The molecular formula is C26H32N4O. The van der Waals surface area contributed by atoms with E-state index in [9.17, 15) is 4.79 Å². The van der Waals surface area contributed by atoms with Gasteiger partial charge in [-0.05, 0) is 75.9 Å². The molecule has 0 atom stereocenters. The molecule has 0 aliphatic carbocycles. The third-order valence-electron chi connectivity index (χ3n) is 6.81. The minimum atomic E-state index is -0.0278. The van der Waals surface area contributed by atoms with Gasteiger partial charge in [0.25, 0.3) is 5.91 Å². The zero-order valence-electron chi connectivity index (χ0n) is 19.5. The molecule has 4 rings (SSSR count). The van der Waals surface area contributed by atoms with E-state index in [1.165, 1.54) is 33.6 Å². The number of aromatic nitrogens is 2. The highest BCUT2D eigenvalue weighted by molar-refractivity contribution is 5.96. The van der Waals surface area contributed by atoms with Gasteiger partial charge in [0, 0.05) is 60.5 Å². The Morgan fingerprint density at radius 3 is 2.52 bits per heavy atom. The molecule has 1 aromatic carbocycles. The normalized spacial score (nSPS) is 13.3. The number of pyridine rings is 1. The van der Waals surface area contributed by atoms with Crippen LogP contribution in [0.15, 0.2) is 30.3 Å². The van der Waals surface area contributed by atoms with E-state index in [2.05, 4.69) is 67.6 Å². The Morgan fingerprint density at radius 2 is 1.87 bits per heavy atom. The van der Waals surface area contributed by atoms with E-state index in [1.807, 2.05) is 12.1 Å². The van der Waals surface area contributed by atoms with Gasteiger partial charge in [0.2, 0.25) is 0 Å². The first-order chi connectivity index (χ1) is 14.9. The molecule has 31 heavy (non-hydrogen) atoms. The van der Waals surface area contributed by atoms with Crippen molar-refractivity contribution < 1.29 is 4.79 Å². The monoisotopic (exact) mass is 416 g/mol. The van der Waals surface area contributed by atoms with E-state index in [0.29, 0.717) is 6.54 Å². The van der Waals surface area contributed by atoms with Crippen LogP contribution in [0.5, 0.6) is 0 Å². The lowest BCUT2D eigenvalue weighted by molar-refractivity contribution is 0.0962. The predicted octanol–water partition coefficient (Wildman–Crippen LogP) is 4.73. The highest BCUT2D eigenvalue weighted by atomic mass is 16.1. The molecule has 162 valence electrons. The number of rotatable bonds is 4. The Labute approximate surface area is 185 Å². The molecule has 0 bridgehead atoms. The fourth-order valence-electron chi connectivity index (χ4n) is 5.02. The molecule has 3 aromatic rings. The van der Waals surface area contributed by atoms with Gasteiger partial charge in [0.05, 0.1) is 0 Å². The molecule has 1 aliphatic rings. The second kappa shape index (κ2) is 8.22. The van der Waals surface area contributed by atoms with Crippen molar-refractivity contribution in [2.45, 2.75) is 54.1 Å². The lowest BCUT2D eigenvalue weighted by Gasteiger charge is -2.31. The number of carbonyl (C=O) groups excluding carboxylic acids is 1. The van der Waals surface area contributed by atoms with Crippen molar-refractivity contribution >= 4 is 11.7 Å². The van der Waals surface area contributed by atoms with Crippen LogP contribution in [-0.4, -0.2) is 29.1 Å². The summed E-state index contributed by atoms with van der Waals surface area (Å²) in [7, 11) is 1.68. The summed E-state index contributed by atoms with van der Waals surface area (Å²) in [5, 5.41) is 2.77. The van der Waals surface area contributed by atoms with Gasteiger partial charge in [0.15, 0.2) is 0 Å². The quantitative estimate of drug-likeness (QED) is 0.669. The van der Waals surface area contributed by atoms with Crippen molar-refractivity contribution in [3.05, 3.63) is 69.7 Å². The SMILES string of the molecule is CCn1c(C)c(C)c(-c2ccc(N3CCc4cccc(C(=O)NC)c4C3)nc2C)c1C. The van der Waals surface area contributed by atoms with Crippen LogP contribution in [0.1, 0.15) is 51.1 Å². The van der Waals surface area contributed by atoms with Crippen LogP contribution in [0.25, 0.3) is 11.1 Å². The van der Waals surface area contributed by atoms with E-state index in [0.717, 1.165) is 42.1 Å². The van der Waals surface area contributed by atoms with E-state index in [4.69, 9.17) is 4.98 Å². The number of benzene rings is 1. The van der Waals surface area contributed by atoms with Gasteiger partial charge < -0.3 is 14.8 Å². The molecule has 0 unspecified atom stereocenters. The van der Waals surface area contributed by atoms with Crippen molar-refractivity contribution in [3.63, 3.8) is 0 Å². The van der Waals surface area contributed by atoms with Gasteiger partial charge >= 0.3 is 0 Å². The molecule has 0 saturated heterocycles. The summed E-state index contributed by atoms with van der Waals surface area (Å²) in [5.74, 6) is 0.945. The van der Waals surface area contributed by atoms with Crippen LogP contribution in [0.3, 0.4) is 0 Å². The first kappa shape index (κ1) is 21.2. The lowest BCUT2D eigenvalue weighted by atomic mass is 9.94. The van der Waals surface area contributed by atoms with E-state index in [-0.39, 0.29) is 5.91 Å². The van der Waals surface area contributed by atoms with Crippen LogP contribution >= 0.6 is 0 Å². The smallest absolute Gasteiger partial charge is 0.251 e. The Morgan fingerprint density at radius 1 is 1.10 bits per heavy atom. The molecule has 0 saturated carbocycles. The molecule has 0 spiro atoms. The molecule has 1 amide bonds. The van der Waals surface area contributed by atoms with Crippen LogP contribution in [0.4, 0.5) is 5.82 Å². The van der Waals surface area contributed by atoms with Crippen molar-refractivity contribution in [3.8, 4) is 11.1 Å². The van der Waals surface area contributed by atoms with Crippen molar-refractivity contribution in [1.82, 2.24) is 14.9 Å². The molecule has 5 heteroatoms. The number of nitrogens with one attached hydrogen (secondary N) is 1. The molecule has 1 N–H and O–H groups in total. The first-order valence-electron chi connectivity index (χ1n) is 11.1. The summed E-state index contributed by atoms with van der Waals surface area (Å²) in [5.41, 5.74) is 10.7. The molecule has 1 aliphatic heterocycles. The van der Waals surface area contributed by atoms with Gasteiger partial charge in [-0.15, -0.1) is 0 Å². The number of anilines is 1. The number of fused-ring (bicyclic) bond motifs is 1. The summed E-state index contributed by atoms with van der Waals surface area (Å²) >= 11 is 0. The van der Waals surface area contributed by atoms with Gasteiger partial charge in [-0.3, -0.25) is 4.79 Å². The van der Waals surface area contributed by atoms with Gasteiger partial charge in [-0.25, -0.2) is 4.98 Å². The van der Waals surface area contributed by atoms with E-state index in [1.54, 1.807) is 7.05 Å². The molecular weight excluding hydrogens is 384 g/mol. The second-order valence-electron chi connectivity index (χ2n) is 8.41. The first-order valence-corrected chi connectivity index (χ1v) is 11.1. The third kappa shape index (κ3) is 3.52. The van der Waals surface area contributed by atoms with Crippen LogP contribution in [-0.2, 0) is 19.5 Å². The van der Waals surface area contributed by atoms with Crippen LogP contribution in [0, 0.1) is 27.7 Å². The molecule has 0 radical (unpaired) electrons. The minimum Gasteiger partial charge on any atom is -0.355 e. The molecule has 0 fully saturated rings. The Balaban J connectivity index is 1.69. The Kier molecular flexibility index (Phi) is 5.61. The number of hydrogen-bond donors (Lipinski definition) is 1. The average molecular weight is 417 g/mol. The van der Waals surface area contributed by atoms with Gasteiger partial charge in [0.1, 0.15) is 5.82 Å². The van der Waals surface area contributed by atoms with Crippen LogP contribution < -0.4 is 10.2 Å². The maximum atomic E-state index is 12.4. The predicted molar refractivity (Wildman–Crippen MR) is 127 cm³/mol. The van der Waals surface area contributed by atoms with Crippen molar-refractivity contribution in [2.24, 2.45) is 0 Å². The summed E-state index contributed by atoms with van der Waals surface area (Å²) in [4.78, 5) is 19.6. The molecule has 5 nitrogen and oxygen atoms in total. The number of nitrogens with zero attached hydrogens (tertiary/aromatic N) is 3. The van der Waals surface area contributed by atoms with Crippen LogP contribution in [0.2, 0.25) is 0 Å². The summed E-state index contributed by atoms with van der Waals surface area (Å²) in [6, 6.07) is 10.4. The van der Waals surface area contributed by atoms with Crippen molar-refractivity contribution in [1.29, 1.82) is 0 Å². The standard InChI is InChI=1S/C26H32N4O/c1-7-30-18(4)16(2)25(19(30)5)21-11-12-24(28-17(21)3)29-14-13-20-9-8-10-22(23(20)15-29)26(31)27-6/h8-12H,7,13-15H2,1-6H3,(H,27,31). The average Bonchev–Trinajstić information content (AvgIpc) is 3.00. The number of aryl methyl sites for hydroxylation is 1. The second-order valence-corrected chi connectivity index (χ2v) is 8.41. The number of amides is 1. The largest absolute Gasteiger partial charge is 0.355 e. The number of hydrogen-bond acceptors (Lipinski definition) is 3.